The van der Waals surface area contributed by atoms with Crippen LogP contribution >= 0.6 is 11.9 Å². The molecule has 3 heterocycles. The van der Waals surface area contributed by atoms with Crippen molar-refractivity contribution in [2.24, 2.45) is 5.92 Å². The summed E-state index contributed by atoms with van der Waals surface area (Å²) in [6.45, 7) is 12.3. The van der Waals surface area contributed by atoms with Gasteiger partial charge in [-0.2, -0.15) is 4.41 Å². The summed E-state index contributed by atoms with van der Waals surface area (Å²) in [4.78, 5) is 15.7. The molecule has 2 aliphatic heterocycles. The highest BCUT2D eigenvalue weighted by Crippen LogP contribution is 2.48. The van der Waals surface area contributed by atoms with Crippen molar-refractivity contribution >= 4 is 34.6 Å². The van der Waals surface area contributed by atoms with Crippen LogP contribution in [-0.4, -0.2) is 46.1 Å². The van der Waals surface area contributed by atoms with E-state index in [1.54, 1.807) is 9.31 Å². The summed E-state index contributed by atoms with van der Waals surface area (Å²) < 4.78 is 11.2. The van der Waals surface area contributed by atoms with Crippen molar-refractivity contribution in [2.75, 3.05) is 24.3 Å². The van der Waals surface area contributed by atoms with E-state index >= 15 is 0 Å². The standard InChI is InChI=1S/C35H49N5O2S/c1-7-13-25-16-12-17-29-32-31(24-14-10-9-11-15-24)28-19-18-27-20-30(28)39(32)21-26(22-42-33(25)29)23(3)36-35(4,5)37-40(43-8-2)34(41)38(27)6/h12,16-20,23-24,26,36-37H,7-11,13-15,21-22H2,1-6H3/t23?,26-/m0/s1. The zero-order valence-corrected chi connectivity index (χ0v) is 27.7. The summed E-state index contributed by atoms with van der Waals surface area (Å²) in [6.07, 6.45) is 8.41. The fourth-order valence-electron chi connectivity index (χ4n) is 7.53. The number of nitrogens with zero attached hydrogens (tertiary/aromatic N) is 3. The summed E-state index contributed by atoms with van der Waals surface area (Å²) in [5, 5.41) is 5.17. The van der Waals surface area contributed by atoms with Crippen LogP contribution in [0.2, 0.25) is 0 Å². The number of hydrogen-bond acceptors (Lipinski definition) is 5. The number of nitrogens with one attached hydrogen (secondary N) is 2. The van der Waals surface area contributed by atoms with Gasteiger partial charge in [-0.3, -0.25) is 10.2 Å². The minimum absolute atomic E-state index is 0.0856. The molecule has 8 heteroatoms. The molecule has 1 saturated carbocycles. The maximum Gasteiger partial charge on any atom is 0.349 e. The van der Waals surface area contributed by atoms with Gasteiger partial charge >= 0.3 is 6.03 Å². The number of amides is 2. The lowest BCUT2D eigenvalue weighted by atomic mass is 9.81. The predicted molar refractivity (Wildman–Crippen MR) is 180 cm³/mol. The molecule has 7 nitrogen and oxygen atoms in total. The van der Waals surface area contributed by atoms with Crippen LogP contribution in [0.1, 0.15) is 90.2 Å². The summed E-state index contributed by atoms with van der Waals surface area (Å²) >= 11 is 1.49. The summed E-state index contributed by atoms with van der Waals surface area (Å²) in [6, 6.07) is 13.5. The summed E-state index contributed by atoms with van der Waals surface area (Å²) in [5.74, 6) is 2.57. The highest BCUT2D eigenvalue weighted by molar-refractivity contribution is 7.97. The molecule has 2 N–H and O–H groups in total. The molecule has 0 saturated heterocycles. The number of hydrogen-bond donors (Lipinski definition) is 2. The van der Waals surface area contributed by atoms with E-state index in [1.807, 2.05) is 7.05 Å². The maximum absolute atomic E-state index is 13.9. The number of carbonyl (C=O) groups excluding carboxylic acids is 1. The summed E-state index contributed by atoms with van der Waals surface area (Å²) in [5.41, 5.74) is 10.4. The molecule has 2 atom stereocenters. The number of hydrazine groups is 1. The SMILES string of the molecule is CCCc1cccc2c1OC[C@@H]1Cn3c-2c(C2CCCCC2)c2ccc(cc23)N(C)C(=O)N(SCC)NC(C)(C)NC1C. The van der Waals surface area contributed by atoms with Gasteiger partial charge in [0, 0.05) is 47.9 Å². The second-order valence-electron chi connectivity index (χ2n) is 13.2. The number of fused-ring (bicyclic) bond motifs is 4. The van der Waals surface area contributed by atoms with Gasteiger partial charge in [-0.1, -0.05) is 57.7 Å². The fraction of sp³-hybridized carbons (Fsp3) is 0.571. The van der Waals surface area contributed by atoms with E-state index in [2.05, 4.69) is 86.3 Å². The first-order valence-corrected chi connectivity index (χ1v) is 17.3. The van der Waals surface area contributed by atoms with Crippen LogP contribution < -0.4 is 20.4 Å². The molecule has 4 bridgehead atoms. The zero-order chi connectivity index (χ0) is 30.3. The van der Waals surface area contributed by atoms with E-state index in [0.717, 1.165) is 36.6 Å². The van der Waals surface area contributed by atoms with Crippen LogP contribution in [0.15, 0.2) is 36.4 Å². The molecule has 1 aliphatic carbocycles. The third-order valence-electron chi connectivity index (χ3n) is 9.61. The van der Waals surface area contributed by atoms with E-state index in [9.17, 15) is 4.79 Å². The van der Waals surface area contributed by atoms with E-state index in [4.69, 9.17) is 4.74 Å². The van der Waals surface area contributed by atoms with Crippen molar-refractivity contribution in [2.45, 2.75) is 104 Å². The van der Waals surface area contributed by atoms with E-state index in [0.29, 0.717) is 12.5 Å². The van der Waals surface area contributed by atoms with Crippen molar-refractivity contribution < 1.29 is 9.53 Å². The Balaban J connectivity index is 1.64. The highest BCUT2D eigenvalue weighted by atomic mass is 32.2. The van der Waals surface area contributed by atoms with Gasteiger partial charge in [0.1, 0.15) is 5.75 Å². The van der Waals surface area contributed by atoms with Crippen molar-refractivity contribution in [3.8, 4) is 17.0 Å². The molecule has 232 valence electrons. The predicted octanol–water partition coefficient (Wildman–Crippen LogP) is 8.08. The third kappa shape index (κ3) is 5.78. The highest BCUT2D eigenvalue weighted by Gasteiger charge is 2.36. The molecule has 2 aromatic carbocycles. The lowest BCUT2D eigenvalue weighted by molar-refractivity contribution is 0.137. The molecule has 1 aromatic heterocycles. The van der Waals surface area contributed by atoms with Gasteiger partial charge in [-0.05, 0) is 87.2 Å². The van der Waals surface area contributed by atoms with Gasteiger partial charge in [0.05, 0.1) is 23.5 Å². The van der Waals surface area contributed by atoms with Crippen LogP contribution in [0.3, 0.4) is 0 Å². The number of rotatable bonds is 5. The normalized spacial score (nSPS) is 22.9. The second kappa shape index (κ2) is 12.4. The number of aryl methyl sites for hydroxylation is 1. The van der Waals surface area contributed by atoms with Crippen molar-refractivity contribution in [3.05, 3.63) is 47.5 Å². The molecule has 2 amide bonds. The van der Waals surface area contributed by atoms with Gasteiger partial charge in [0.25, 0.3) is 0 Å². The Morgan fingerprint density at radius 2 is 1.88 bits per heavy atom. The first-order chi connectivity index (χ1) is 20.7. The van der Waals surface area contributed by atoms with Crippen LogP contribution in [0.25, 0.3) is 22.2 Å². The van der Waals surface area contributed by atoms with Crippen LogP contribution in [-0.2, 0) is 13.0 Å². The summed E-state index contributed by atoms with van der Waals surface area (Å²) in [7, 11) is 1.89. The molecule has 3 aromatic rings. The molecule has 1 fully saturated rings. The lowest BCUT2D eigenvalue weighted by Gasteiger charge is -2.39. The topological polar surface area (TPSA) is 61.8 Å². The minimum atomic E-state index is -0.527. The first-order valence-electron chi connectivity index (χ1n) is 16.4. The molecule has 0 spiro atoms. The Bertz CT molecular complexity index is 1480. The number of ether oxygens (including phenoxy) is 1. The number of aromatic nitrogens is 1. The maximum atomic E-state index is 13.9. The smallest absolute Gasteiger partial charge is 0.349 e. The molecule has 0 radical (unpaired) electrons. The van der Waals surface area contributed by atoms with Crippen LogP contribution in [0, 0.1) is 5.92 Å². The second-order valence-corrected chi connectivity index (χ2v) is 14.4. The Morgan fingerprint density at radius 3 is 2.63 bits per heavy atom. The molecular formula is C35H49N5O2S. The van der Waals surface area contributed by atoms with Gasteiger partial charge in [-0.15, -0.1) is 0 Å². The number of anilines is 1. The zero-order valence-electron chi connectivity index (χ0n) is 26.8. The number of urea groups is 1. The van der Waals surface area contributed by atoms with E-state index in [-0.39, 0.29) is 18.0 Å². The number of para-hydroxylation sites is 1. The van der Waals surface area contributed by atoms with Crippen LogP contribution in [0.4, 0.5) is 10.5 Å². The first kappa shape index (κ1) is 30.4. The Morgan fingerprint density at radius 1 is 1.09 bits per heavy atom. The molecule has 43 heavy (non-hydrogen) atoms. The Hall–Kier alpha value is -2.68. The molecular weight excluding hydrogens is 554 g/mol. The largest absolute Gasteiger partial charge is 0.492 e. The molecule has 3 aliphatic rings. The average Bonchev–Trinajstić information content (AvgIpc) is 3.29. The molecule has 1 unspecified atom stereocenters. The Kier molecular flexibility index (Phi) is 8.73. The van der Waals surface area contributed by atoms with Crippen LogP contribution in [0.5, 0.6) is 5.75 Å². The fourth-order valence-corrected chi connectivity index (χ4v) is 8.31. The lowest BCUT2D eigenvalue weighted by Crippen LogP contribution is -2.63. The van der Waals surface area contributed by atoms with Crippen molar-refractivity contribution in [1.29, 1.82) is 0 Å². The van der Waals surface area contributed by atoms with Gasteiger partial charge < -0.3 is 9.30 Å². The van der Waals surface area contributed by atoms with Gasteiger partial charge in [0.2, 0.25) is 0 Å². The monoisotopic (exact) mass is 603 g/mol. The van der Waals surface area contributed by atoms with Crippen molar-refractivity contribution in [1.82, 2.24) is 19.7 Å². The van der Waals surface area contributed by atoms with E-state index < -0.39 is 5.66 Å². The third-order valence-corrected chi connectivity index (χ3v) is 10.4. The number of carbonyl (C=O) groups is 1. The number of benzene rings is 2. The van der Waals surface area contributed by atoms with Crippen molar-refractivity contribution in [3.63, 3.8) is 0 Å². The van der Waals surface area contributed by atoms with E-state index in [1.165, 1.54) is 77.3 Å². The molecule has 6 rings (SSSR count). The quantitative estimate of drug-likeness (QED) is 0.289. The Labute approximate surface area is 261 Å². The van der Waals surface area contributed by atoms with Gasteiger partial charge in [0.15, 0.2) is 0 Å². The average molecular weight is 604 g/mol. The van der Waals surface area contributed by atoms with Gasteiger partial charge in [-0.25, -0.2) is 10.2 Å². The minimum Gasteiger partial charge on any atom is -0.492 e.